The molecule has 0 radical (unpaired) electrons. The third-order valence-electron chi connectivity index (χ3n) is 4.14. The number of rotatable bonds is 6. The van der Waals surface area contributed by atoms with Crippen molar-refractivity contribution >= 4 is 23.3 Å². The Morgan fingerprint density at radius 3 is 2.78 bits per heavy atom. The number of methoxy groups -OCH3 is 1. The summed E-state index contributed by atoms with van der Waals surface area (Å²) in [6.45, 7) is 3.71. The molecule has 0 aliphatic heterocycles. The molecule has 3 rings (SSSR count). The van der Waals surface area contributed by atoms with E-state index in [9.17, 15) is 9.59 Å². The van der Waals surface area contributed by atoms with Crippen LogP contribution >= 0.6 is 0 Å². The minimum absolute atomic E-state index is 0.128. The van der Waals surface area contributed by atoms with Crippen LogP contribution in [0, 0.1) is 0 Å². The van der Waals surface area contributed by atoms with Crippen LogP contribution in [0.2, 0.25) is 0 Å². The number of nitrogens with one attached hydrogen (secondary N) is 1. The molecule has 3 aromatic rings. The molecule has 0 bridgehead atoms. The van der Waals surface area contributed by atoms with Gasteiger partial charge in [-0.25, -0.2) is 10.2 Å². The van der Waals surface area contributed by atoms with Crippen LogP contribution < -0.4 is 21.4 Å². The number of anilines is 1. The number of imidazole rings is 1. The number of nitrogens with zero attached hydrogens (tertiary/aromatic N) is 5. The second-order valence-electron chi connectivity index (χ2n) is 5.86. The molecule has 2 heterocycles. The van der Waals surface area contributed by atoms with Crippen molar-refractivity contribution in [2.24, 2.45) is 19.2 Å². The quantitative estimate of drug-likeness (QED) is 0.399. The van der Waals surface area contributed by atoms with Crippen LogP contribution in [0.4, 0.5) is 5.95 Å². The zero-order valence-corrected chi connectivity index (χ0v) is 15.3. The largest absolute Gasteiger partial charge is 0.497 e. The van der Waals surface area contributed by atoms with Crippen LogP contribution in [0.3, 0.4) is 0 Å². The number of aryl methyl sites for hydroxylation is 2. The first-order valence-corrected chi connectivity index (χ1v) is 8.18. The third kappa shape index (κ3) is 3.26. The van der Waals surface area contributed by atoms with Gasteiger partial charge in [-0.15, -0.1) is 6.58 Å². The van der Waals surface area contributed by atoms with Crippen molar-refractivity contribution in [2.75, 3.05) is 12.5 Å². The van der Waals surface area contributed by atoms with E-state index < -0.39 is 11.2 Å². The number of hydrogen-bond donors (Lipinski definition) is 1. The Morgan fingerprint density at radius 2 is 2.07 bits per heavy atom. The molecule has 0 aliphatic carbocycles. The molecule has 27 heavy (non-hydrogen) atoms. The number of hydrogen-bond acceptors (Lipinski definition) is 6. The van der Waals surface area contributed by atoms with E-state index in [1.165, 1.54) is 10.6 Å². The maximum Gasteiger partial charge on any atom is 0.332 e. The average Bonchev–Trinajstić information content (AvgIpc) is 3.00. The molecule has 0 saturated carbocycles. The van der Waals surface area contributed by atoms with Crippen LogP contribution in [0.5, 0.6) is 5.75 Å². The first-order valence-electron chi connectivity index (χ1n) is 8.18. The molecule has 2 aromatic heterocycles. The van der Waals surface area contributed by atoms with Crippen molar-refractivity contribution in [1.29, 1.82) is 0 Å². The van der Waals surface area contributed by atoms with E-state index in [4.69, 9.17) is 4.74 Å². The van der Waals surface area contributed by atoms with Gasteiger partial charge in [-0.05, 0) is 17.7 Å². The highest BCUT2D eigenvalue weighted by molar-refractivity contribution is 5.81. The van der Waals surface area contributed by atoms with E-state index in [-0.39, 0.29) is 12.2 Å². The number of benzene rings is 1. The smallest absolute Gasteiger partial charge is 0.332 e. The second-order valence-corrected chi connectivity index (χ2v) is 5.86. The van der Waals surface area contributed by atoms with Gasteiger partial charge < -0.3 is 9.30 Å². The molecule has 0 atom stereocenters. The van der Waals surface area contributed by atoms with Crippen molar-refractivity contribution < 1.29 is 4.74 Å². The highest BCUT2D eigenvalue weighted by atomic mass is 16.5. The zero-order chi connectivity index (χ0) is 19.6. The van der Waals surface area contributed by atoms with Gasteiger partial charge in [0, 0.05) is 20.6 Å². The monoisotopic (exact) mass is 368 g/mol. The Labute approximate surface area is 154 Å². The van der Waals surface area contributed by atoms with Crippen molar-refractivity contribution in [3.05, 3.63) is 63.3 Å². The van der Waals surface area contributed by atoms with Crippen LogP contribution in [0.15, 0.2) is 51.6 Å². The number of fused-ring (bicyclic) bond motifs is 1. The van der Waals surface area contributed by atoms with Gasteiger partial charge in [0.2, 0.25) is 5.95 Å². The maximum atomic E-state index is 12.7. The molecule has 0 amide bonds. The number of aromatic nitrogens is 4. The summed E-state index contributed by atoms with van der Waals surface area (Å²) in [4.78, 5) is 29.3. The highest BCUT2D eigenvalue weighted by Gasteiger charge is 2.17. The van der Waals surface area contributed by atoms with Crippen LogP contribution in [0.1, 0.15) is 5.56 Å². The summed E-state index contributed by atoms with van der Waals surface area (Å²) >= 11 is 0. The summed E-state index contributed by atoms with van der Waals surface area (Å²) in [7, 11) is 4.85. The normalized spacial score (nSPS) is 11.2. The summed E-state index contributed by atoms with van der Waals surface area (Å²) in [6, 6.07) is 7.40. The van der Waals surface area contributed by atoms with Gasteiger partial charge in [0.05, 0.1) is 13.3 Å². The fraction of sp³-hybridized carbons (Fsp3) is 0.222. The van der Waals surface area contributed by atoms with Gasteiger partial charge >= 0.3 is 5.69 Å². The summed E-state index contributed by atoms with van der Waals surface area (Å²) in [5, 5.41) is 4.16. The van der Waals surface area contributed by atoms with Gasteiger partial charge in [0.1, 0.15) is 5.75 Å². The fourth-order valence-corrected chi connectivity index (χ4v) is 2.72. The van der Waals surface area contributed by atoms with Crippen molar-refractivity contribution in [3.8, 4) is 5.75 Å². The lowest BCUT2D eigenvalue weighted by Gasteiger charge is -2.06. The molecule has 0 aliphatic rings. The molecule has 0 spiro atoms. The number of ether oxygens (including phenoxy) is 1. The van der Waals surface area contributed by atoms with Crippen molar-refractivity contribution in [1.82, 2.24) is 18.7 Å². The Balaban J connectivity index is 2.00. The van der Waals surface area contributed by atoms with Crippen molar-refractivity contribution in [3.63, 3.8) is 0 Å². The summed E-state index contributed by atoms with van der Waals surface area (Å²) in [5.74, 6) is 1.06. The highest BCUT2D eigenvalue weighted by Crippen LogP contribution is 2.14. The van der Waals surface area contributed by atoms with E-state index in [0.717, 1.165) is 15.9 Å². The molecule has 9 nitrogen and oxygen atoms in total. The Morgan fingerprint density at radius 1 is 1.30 bits per heavy atom. The average molecular weight is 368 g/mol. The minimum Gasteiger partial charge on any atom is -0.497 e. The summed E-state index contributed by atoms with van der Waals surface area (Å²) in [6.07, 6.45) is 3.11. The van der Waals surface area contributed by atoms with Gasteiger partial charge in [0.15, 0.2) is 11.2 Å². The lowest BCUT2D eigenvalue weighted by molar-refractivity contribution is 0.415. The molecule has 0 fully saturated rings. The Bertz CT molecular complexity index is 1150. The number of hydrazone groups is 1. The number of allylic oxidation sites excluding steroid dienone is 1. The zero-order valence-electron chi connectivity index (χ0n) is 15.3. The van der Waals surface area contributed by atoms with Crippen molar-refractivity contribution in [2.45, 2.75) is 6.54 Å². The van der Waals surface area contributed by atoms with Crippen LogP contribution in [-0.4, -0.2) is 32.0 Å². The second kappa shape index (κ2) is 7.32. The third-order valence-corrected chi connectivity index (χ3v) is 4.14. The van der Waals surface area contributed by atoms with Crippen LogP contribution in [-0.2, 0) is 20.6 Å². The van der Waals surface area contributed by atoms with E-state index in [2.05, 4.69) is 22.1 Å². The van der Waals surface area contributed by atoms with E-state index in [1.807, 2.05) is 24.3 Å². The molecular formula is C18H20N6O3. The first-order chi connectivity index (χ1) is 13.0. The first kappa shape index (κ1) is 18.2. The van der Waals surface area contributed by atoms with Gasteiger partial charge in [0.25, 0.3) is 5.56 Å². The minimum atomic E-state index is -0.447. The summed E-state index contributed by atoms with van der Waals surface area (Å²) in [5.41, 5.74) is 3.36. The molecule has 9 heteroatoms. The van der Waals surface area contributed by atoms with Gasteiger partial charge in [-0.1, -0.05) is 18.2 Å². The maximum absolute atomic E-state index is 12.7. The van der Waals surface area contributed by atoms with E-state index in [0.29, 0.717) is 11.5 Å². The van der Waals surface area contributed by atoms with Gasteiger partial charge in [-0.3, -0.25) is 13.9 Å². The molecule has 1 aromatic carbocycles. The van der Waals surface area contributed by atoms with Gasteiger partial charge in [-0.2, -0.15) is 10.1 Å². The lowest BCUT2D eigenvalue weighted by Crippen LogP contribution is -2.39. The molecule has 0 unspecified atom stereocenters. The molecular weight excluding hydrogens is 348 g/mol. The van der Waals surface area contributed by atoms with Crippen LogP contribution in [0.25, 0.3) is 11.2 Å². The SMILES string of the molecule is C=CCn1c(=O)c2c(nc(N/N=C/c3cccc(OC)c3)n2C)n(C)c1=O. The predicted molar refractivity (Wildman–Crippen MR) is 105 cm³/mol. The van der Waals surface area contributed by atoms with E-state index >= 15 is 0 Å². The predicted octanol–water partition coefficient (Wildman–Crippen LogP) is 1.07. The molecule has 0 saturated heterocycles. The topological polar surface area (TPSA) is 95.4 Å². The molecule has 1 N–H and O–H groups in total. The molecule has 140 valence electrons. The Kier molecular flexibility index (Phi) is 4.93. The standard InChI is InChI=1S/C18H20N6O3/c1-5-9-24-16(25)14-15(23(3)18(24)26)20-17(22(14)2)21-19-11-12-7-6-8-13(10-12)27-4/h5-8,10-11H,1,9H2,2-4H3,(H,20,21)/b19-11+. The van der Waals surface area contributed by atoms with E-state index in [1.54, 1.807) is 32.0 Å². The summed E-state index contributed by atoms with van der Waals surface area (Å²) < 4.78 is 9.18. The lowest BCUT2D eigenvalue weighted by atomic mass is 10.2. The fourth-order valence-electron chi connectivity index (χ4n) is 2.72. The Hall–Kier alpha value is -3.62.